The van der Waals surface area contributed by atoms with Crippen molar-refractivity contribution in [3.63, 3.8) is 0 Å². The molecule has 30 heavy (non-hydrogen) atoms. The molecule has 0 aromatic carbocycles. The molecular formula is C28H54O2. The molecule has 3 unspecified atom stereocenters. The van der Waals surface area contributed by atoms with Crippen LogP contribution in [0, 0.1) is 17.8 Å². The van der Waals surface area contributed by atoms with Gasteiger partial charge in [-0.2, -0.15) is 0 Å². The standard InChI is InChI=1S/C28H54O2/c1-5-6-7-8-9-10-11-12-13-14-15-16-17-18-22-27(24(2)3)28(29)30-26-21-19-20-25(4)23-26/h24-27H,5-23H2,1-4H3. The van der Waals surface area contributed by atoms with Gasteiger partial charge in [-0.1, -0.05) is 124 Å². The highest BCUT2D eigenvalue weighted by Gasteiger charge is 2.28. The molecule has 0 saturated heterocycles. The van der Waals surface area contributed by atoms with Crippen LogP contribution < -0.4 is 0 Å². The van der Waals surface area contributed by atoms with Crippen LogP contribution in [0.15, 0.2) is 0 Å². The summed E-state index contributed by atoms with van der Waals surface area (Å²) < 4.78 is 5.92. The predicted octanol–water partition coefficient (Wildman–Crippen LogP) is 9.25. The van der Waals surface area contributed by atoms with Crippen molar-refractivity contribution in [2.45, 2.75) is 156 Å². The van der Waals surface area contributed by atoms with Crippen molar-refractivity contribution in [1.82, 2.24) is 0 Å². The third-order valence-electron chi connectivity index (χ3n) is 7.15. The van der Waals surface area contributed by atoms with Gasteiger partial charge in [0.05, 0.1) is 5.92 Å². The Kier molecular flexibility index (Phi) is 16.6. The van der Waals surface area contributed by atoms with Crippen LogP contribution in [-0.2, 0) is 9.53 Å². The van der Waals surface area contributed by atoms with Crippen molar-refractivity contribution >= 4 is 5.97 Å². The molecular weight excluding hydrogens is 368 g/mol. The normalized spacial score (nSPS) is 20.4. The largest absolute Gasteiger partial charge is 0.462 e. The summed E-state index contributed by atoms with van der Waals surface area (Å²) in [6, 6.07) is 0. The Morgan fingerprint density at radius 2 is 1.30 bits per heavy atom. The monoisotopic (exact) mass is 422 g/mol. The van der Waals surface area contributed by atoms with Crippen LogP contribution in [-0.4, -0.2) is 12.1 Å². The summed E-state index contributed by atoms with van der Waals surface area (Å²) in [6.07, 6.45) is 25.2. The van der Waals surface area contributed by atoms with Crippen LogP contribution in [0.3, 0.4) is 0 Å². The summed E-state index contributed by atoms with van der Waals surface area (Å²) in [7, 11) is 0. The molecule has 0 heterocycles. The molecule has 0 N–H and O–H groups in total. The highest BCUT2D eigenvalue weighted by Crippen LogP contribution is 2.28. The zero-order chi connectivity index (χ0) is 22.0. The molecule has 1 aliphatic carbocycles. The summed E-state index contributed by atoms with van der Waals surface area (Å²) >= 11 is 0. The van der Waals surface area contributed by atoms with Crippen LogP contribution in [0.4, 0.5) is 0 Å². The molecule has 1 saturated carbocycles. The first-order valence-electron chi connectivity index (χ1n) is 13.7. The van der Waals surface area contributed by atoms with E-state index < -0.39 is 0 Å². The summed E-state index contributed by atoms with van der Waals surface area (Å²) in [5.74, 6) is 1.28. The molecule has 3 atom stereocenters. The van der Waals surface area contributed by atoms with Crippen LogP contribution in [0.25, 0.3) is 0 Å². The van der Waals surface area contributed by atoms with Crippen LogP contribution in [0.2, 0.25) is 0 Å². The van der Waals surface area contributed by atoms with Crippen molar-refractivity contribution in [3.8, 4) is 0 Å². The van der Waals surface area contributed by atoms with Gasteiger partial charge < -0.3 is 4.74 Å². The Bertz CT molecular complexity index is 403. The highest BCUT2D eigenvalue weighted by atomic mass is 16.5. The minimum atomic E-state index is 0.0822. The maximum atomic E-state index is 12.7. The molecule has 0 aromatic heterocycles. The van der Waals surface area contributed by atoms with E-state index in [4.69, 9.17) is 4.74 Å². The molecule has 2 heteroatoms. The molecule has 0 radical (unpaired) electrons. The fraction of sp³-hybridized carbons (Fsp3) is 0.964. The minimum absolute atomic E-state index is 0.0822. The SMILES string of the molecule is CCCCCCCCCCCCCCCCC(C(=O)OC1CCCC(C)C1)C(C)C. The maximum Gasteiger partial charge on any atom is 0.309 e. The van der Waals surface area contributed by atoms with Gasteiger partial charge in [-0.15, -0.1) is 0 Å². The number of unbranched alkanes of at least 4 members (excludes halogenated alkanes) is 13. The lowest BCUT2D eigenvalue weighted by atomic mass is 9.87. The Morgan fingerprint density at radius 1 is 0.800 bits per heavy atom. The second-order valence-electron chi connectivity index (χ2n) is 10.6. The lowest BCUT2D eigenvalue weighted by Gasteiger charge is -2.29. The number of hydrogen-bond donors (Lipinski definition) is 0. The van der Waals surface area contributed by atoms with Gasteiger partial charge in [0.25, 0.3) is 0 Å². The van der Waals surface area contributed by atoms with Gasteiger partial charge in [-0.25, -0.2) is 0 Å². The molecule has 0 aromatic rings. The minimum Gasteiger partial charge on any atom is -0.462 e. The summed E-state index contributed by atoms with van der Waals surface area (Å²) in [5.41, 5.74) is 0. The number of carbonyl (C=O) groups is 1. The number of carbonyl (C=O) groups excluding carboxylic acids is 1. The Labute approximate surface area is 189 Å². The molecule has 1 rings (SSSR count). The topological polar surface area (TPSA) is 26.3 Å². The predicted molar refractivity (Wildman–Crippen MR) is 131 cm³/mol. The molecule has 178 valence electrons. The molecule has 1 fully saturated rings. The summed E-state index contributed by atoms with van der Waals surface area (Å²) in [4.78, 5) is 12.7. The lowest BCUT2D eigenvalue weighted by molar-refractivity contribution is -0.158. The van der Waals surface area contributed by atoms with Crippen molar-refractivity contribution in [3.05, 3.63) is 0 Å². The fourth-order valence-electron chi connectivity index (χ4n) is 5.02. The van der Waals surface area contributed by atoms with Gasteiger partial charge in [-0.3, -0.25) is 4.79 Å². The smallest absolute Gasteiger partial charge is 0.309 e. The number of esters is 1. The number of ether oxygens (including phenoxy) is 1. The molecule has 0 spiro atoms. The quantitative estimate of drug-likeness (QED) is 0.162. The zero-order valence-corrected chi connectivity index (χ0v) is 21.1. The molecule has 1 aliphatic rings. The lowest BCUT2D eigenvalue weighted by Crippen LogP contribution is -2.30. The fourth-order valence-corrected chi connectivity index (χ4v) is 5.02. The van der Waals surface area contributed by atoms with Crippen LogP contribution in [0.1, 0.15) is 150 Å². The third kappa shape index (κ3) is 13.7. The van der Waals surface area contributed by atoms with Gasteiger partial charge in [-0.05, 0) is 37.5 Å². The van der Waals surface area contributed by atoms with E-state index in [0.29, 0.717) is 11.8 Å². The number of rotatable bonds is 18. The van der Waals surface area contributed by atoms with Gasteiger partial charge in [0.1, 0.15) is 6.10 Å². The Morgan fingerprint density at radius 3 is 1.77 bits per heavy atom. The van der Waals surface area contributed by atoms with Gasteiger partial charge >= 0.3 is 5.97 Å². The van der Waals surface area contributed by atoms with Gasteiger partial charge in [0.15, 0.2) is 0 Å². The van der Waals surface area contributed by atoms with Gasteiger partial charge in [0, 0.05) is 0 Å². The van der Waals surface area contributed by atoms with E-state index in [1.54, 1.807) is 0 Å². The van der Waals surface area contributed by atoms with Crippen molar-refractivity contribution < 1.29 is 9.53 Å². The van der Waals surface area contributed by atoms with E-state index in [-0.39, 0.29) is 18.0 Å². The molecule has 0 bridgehead atoms. The number of hydrogen-bond acceptors (Lipinski definition) is 2. The van der Waals surface area contributed by atoms with Crippen molar-refractivity contribution in [1.29, 1.82) is 0 Å². The second-order valence-corrected chi connectivity index (χ2v) is 10.6. The zero-order valence-electron chi connectivity index (χ0n) is 21.1. The highest BCUT2D eigenvalue weighted by molar-refractivity contribution is 5.72. The first-order valence-corrected chi connectivity index (χ1v) is 13.7. The third-order valence-corrected chi connectivity index (χ3v) is 7.15. The molecule has 0 aliphatic heterocycles. The average Bonchev–Trinajstić information content (AvgIpc) is 2.70. The first-order chi connectivity index (χ1) is 14.5. The summed E-state index contributed by atoms with van der Waals surface area (Å²) in [6.45, 7) is 8.93. The van der Waals surface area contributed by atoms with Crippen molar-refractivity contribution in [2.24, 2.45) is 17.8 Å². The van der Waals surface area contributed by atoms with Crippen LogP contribution in [0.5, 0.6) is 0 Å². The van der Waals surface area contributed by atoms with E-state index in [2.05, 4.69) is 27.7 Å². The average molecular weight is 423 g/mol. The van der Waals surface area contributed by atoms with E-state index in [0.717, 1.165) is 19.3 Å². The molecule has 0 amide bonds. The van der Waals surface area contributed by atoms with E-state index in [9.17, 15) is 4.79 Å². The van der Waals surface area contributed by atoms with Crippen molar-refractivity contribution in [2.75, 3.05) is 0 Å². The van der Waals surface area contributed by atoms with E-state index in [1.807, 2.05) is 0 Å². The first kappa shape index (κ1) is 27.5. The van der Waals surface area contributed by atoms with Crippen LogP contribution >= 0.6 is 0 Å². The van der Waals surface area contributed by atoms with Gasteiger partial charge in [0.2, 0.25) is 0 Å². The Balaban J connectivity index is 2.00. The molecule has 2 nitrogen and oxygen atoms in total. The summed E-state index contributed by atoms with van der Waals surface area (Å²) in [5, 5.41) is 0. The van der Waals surface area contributed by atoms with E-state index in [1.165, 1.54) is 103 Å². The maximum absolute atomic E-state index is 12.7. The van der Waals surface area contributed by atoms with E-state index >= 15 is 0 Å². The second kappa shape index (κ2) is 18.1. The Hall–Kier alpha value is -0.530.